The number of benzene rings is 2. The van der Waals surface area contributed by atoms with Crippen molar-refractivity contribution in [3.8, 4) is 5.75 Å². The van der Waals surface area contributed by atoms with Crippen LogP contribution in [0.25, 0.3) is 0 Å². The quantitative estimate of drug-likeness (QED) is 0.512. The van der Waals surface area contributed by atoms with Gasteiger partial charge in [0, 0.05) is 0 Å². The Morgan fingerprint density at radius 3 is 1.80 bits per heavy atom. The molecule has 0 aliphatic rings. The molecule has 1 nitrogen and oxygen atoms in total. The van der Waals surface area contributed by atoms with E-state index in [0.29, 0.717) is 12.0 Å². The second-order valence-electron chi connectivity index (χ2n) is 8.37. The number of rotatable bonds is 8. The molecule has 0 saturated carbocycles. The van der Waals surface area contributed by atoms with E-state index in [2.05, 4.69) is 83.1 Å². The van der Waals surface area contributed by atoms with Crippen molar-refractivity contribution in [3.05, 3.63) is 65.2 Å². The summed E-state index contributed by atoms with van der Waals surface area (Å²) in [5.74, 6) is 1.74. The van der Waals surface area contributed by atoms with Crippen molar-refractivity contribution >= 4 is 0 Å². The maximum atomic E-state index is 5.95. The van der Waals surface area contributed by atoms with Gasteiger partial charge < -0.3 is 4.74 Å². The summed E-state index contributed by atoms with van der Waals surface area (Å²) < 4.78 is 5.95. The van der Waals surface area contributed by atoms with Gasteiger partial charge in [0.05, 0.1) is 0 Å². The lowest BCUT2D eigenvalue weighted by Gasteiger charge is -2.18. The summed E-state index contributed by atoms with van der Waals surface area (Å²) >= 11 is 0. The third-order valence-electron chi connectivity index (χ3n) is 4.77. The van der Waals surface area contributed by atoms with Crippen LogP contribution in [0.3, 0.4) is 0 Å². The minimum Gasteiger partial charge on any atom is -0.489 e. The van der Waals surface area contributed by atoms with Gasteiger partial charge in [-0.05, 0) is 53.0 Å². The molecule has 2 aromatic carbocycles. The fourth-order valence-electron chi connectivity index (χ4n) is 3.16. The Balaban J connectivity index is 1.86. The fourth-order valence-corrected chi connectivity index (χ4v) is 3.16. The van der Waals surface area contributed by atoms with E-state index in [-0.39, 0.29) is 0 Å². The van der Waals surface area contributed by atoms with Gasteiger partial charge in [-0.1, -0.05) is 83.9 Å². The van der Waals surface area contributed by atoms with Crippen LogP contribution in [0, 0.1) is 11.3 Å². The van der Waals surface area contributed by atoms with Gasteiger partial charge in [-0.3, -0.25) is 0 Å². The Bertz CT molecular complexity index is 613. The van der Waals surface area contributed by atoms with Crippen molar-refractivity contribution in [2.45, 2.75) is 66.9 Å². The van der Waals surface area contributed by atoms with E-state index in [4.69, 9.17) is 4.74 Å². The van der Waals surface area contributed by atoms with Crippen LogP contribution in [0.5, 0.6) is 5.75 Å². The Morgan fingerprint density at radius 1 is 0.760 bits per heavy atom. The van der Waals surface area contributed by atoms with Crippen molar-refractivity contribution in [2.24, 2.45) is 11.3 Å². The van der Waals surface area contributed by atoms with Gasteiger partial charge in [-0.25, -0.2) is 0 Å². The lowest BCUT2D eigenvalue weighted by Crippen LogP contribution is -2.09. The molecule has 0 bridgehead atoms. The monoisotopic (exact) mass is 338 g/mol. The fraction of sp³-hybridized carbons (Fsp3) is 0.500. The Hall–Kier alpha value is -1.76. The van der Waals surface area contributed by atoms with Crippen LogP contribution >= 0.6 is 0 Å². The normalized spacial score (nSPS) is 11.8. The van der Waals surface area contributed by atoms with Gasteiger partial charge in [-0.15, -0.1) is 0 Å². The summed E-state index contributed by atoms with van der Waals surface area (Å²) in [6.07, 6.45) is 4.77. The lowest BCUT2D eigenvalue weighted by molar-refractivity contribution is 0.306. The van der Waals surface area contributed by atoms with Crippen molar-refractivity contribution in [2.75, 3.05) is 0 Å². The van der Waals surface area contributed by atoms with Crippen LogP contribution in [0.4, 0.5) is 0 Å². The first-order chi connectivity index (χ1) is 11.9. The summed E-state index contributed by atoms with van der Waals surface area (Å²) in [6.45, 7) is 12.0. The smallest absolute Gasteiger partial charge is 0.119 e. The first-order valence-electron chi connectivity index (χ1n) is 9.69. The second kappa shape index (κ2) is 9.08. The first-order valence-corrected chi connectivity index (χ1v) is 9.69. The number of ether oxygens (including phenoxy) is 1. The van der Waals surface area contributed by atoms with Gasteiger partial charge in [0.25, 0.3) is 0 Å². The molecule has 0 aliphatic heterocycles. The molecule has 0 saturated heterocycles. The molecule has 0 aliphatic carbocycles. The Kier molecular flexibility index (Phi) is 7.11. The highest BCUT2D eigenvalue weighted by molar-refractivity contribution is 5.28. The SMILES string of the molecule is CCC(CC)Cc1ccc(OCc2ccc(CC(C)(C)C)cc2)cc1. The van der Waals surface area contributed by atoms with Gasteiger partial charge in [0.15, 0.2) is 0 Å². The molecule has 1 heteroatoms. The molecule has 0 amide bonds. The molecular formula is C24H34O. The van der Waals surface area contributed by atoms with E-state index in [9.17, 15) is 0 Å². The molecule has 0 N–H and O–H groups in total. The highest BCUT2D eigenvalue weighted by Gasteiger charge is 2.11. The van der Waals surface area contributed by atoms with E-state index < -0.39 is 0 Å². The number of hydrogen-bond acceptors (Lipinski definition) is 1. The second-order valence-corrected chi connectivity index (χ2v) is 8.37. The van der Waals surface area contributed by atoms with E-state index >= 15 is 0 Å². The first kappa shape index (κ1) is 19.6. The third kappa shape index (κ3) is 6.94. The molecule has 2 rings (SSSR count). The minimum absolute atomic E-state index is 0.328. The largest absolute Gasteiger partial charge is 0.489 e. The standard InChI is InChI=1S/C24H34O/c1-6-19(7-2)16-20-12-14-23(15-13-20)25-18-22-10-8-21(9-11-22)17-24(3,4)5/h8-15,19H,6-7,16-18H2,1-5H3. The lowest BCUT2D eigenvalue weighted by atomic mass is 9.88. The summed E-state index contributed by atoms with van der Waals surface area (Å²) in [5.41, 5.74) is 4.35. The zero-order valence-corrected chi connectivity index (χ0v) is 16.6. The van der Waals surface area contributed by atoms with Crippen molar-refractivity contribution in [3.63, 3.8) is 0 Å². The summed E-state index contributed by atoms with van der Waals surface area (Å²) in [4.78, 5) is 0. The topological polar surface area (TPSA) is 9.23 Å². The molecule has 0 fully saturated rings. The average molecular weight is 339 g/mol. The van der Waals surface area contributed by atoms with Gasteiger partial charge in [0.2, 0.25) is 0 Å². The average Bonchev–Trinajstić information content (AvgIpc) is 2.59. The molecule has 0 radical (unpaired) electrons. The Labute approximate surface area is 154 Å². The van der Waals surface area contributed by atoms with Gasteiger partial charge >= 0.3 is 0 Å². The molecule has 2 aromatic rings. The predicted molar refractivity (Wildman–Crippen MR) is 108 cm³/mol. The molecular weight excluding hydrogens is 304 g/mol. The minimum atomic E-state index is 0.328. The van der Waals surface area contributed by atoms with Crippen LogP contribution in [0.2, 0.25) is 0 Å². The third-order valence-corrected chi connectivity index (χ3v) is 4.77. The van der Waals surface area contributed by atoms with E-state index in [1.54, 1.807) is 0 Å². The van der Waals surface area contributed by atoms with Crippen molar-refractivity contribution in [1.82, 2.24) is 0 Å². The maximum absolute atomic E-state index is 5.95. The highest BCUT2D eigenvalue weighted by Crippen LogP contribution is 2.22. The molecule has 0 spiro atoms. The molecule has 25 heavy (non-hydrogen) atoms. The van der Waals surface area contributed by atoms with E-state index in [0.717, 1.165) is 18.1 Å². The van der Waals surface area contributed by atoms with Gasteiger partial charge in [0.1, 0.15) is 12.4 Å². The molecule has 0 atom stereocenters. The van der Waals surface area contributed by atoms with Crippen LogP contribution in [-0.4, -0.2) is 0 Å². The zero-order valence-electron chi connectivity index (χ0n) is 16.6. The summed E-state index contributed by atoms with van der Waals surface area (Å²) in [6, 6.07) is 17.4. The van der Waals surface area contributed by atoms with Crippen LogP contribution < -0.4 is 4.74 Å². The van der Waals surface area contributed by atoms with Gasteiger partial charge in [-0.2, -0.15) is 0 Å². The van der Waals surface area contributed by atoms with Crippen LogP contribution in [0.15, 0.2) is 48.5 Å². The van der Waals surface area contributed by atoms with Crippen molar-refractivity contribution < 1.29 is 4.74 Å². The molecule has 0 unspecified atom stereocenters. The zero-order chi connectivity index (χ0) is 18.3. The number of hydrogen-bond donors (Lipinski definition) is 0. The summed E-state index contributed by atoms with van der Waals surface area (Å²) in [7, 11) is 0. The highest BCUT2D eigenvalue weighted by atomic mass is 16.5. The molecule has 0 aromatic heterocycles. The van der Waals surface area contributed by atoms with Crippen molar-refractivity contribution in [1.29, 1.82) is 0 Å². The summed E-state index contributed by atoms with van der Waals surface area (Å²) in [5, 5.41) is 0. The van der Waals surface area contributed by atoms with Crippen LogP contribution in [-0.2, 0) is 19.4 Å². The Morgan fingerprint density at radius 2 is 1.28 bits per heavy atom. The maximum Gasteiger partial charge on any atom is 0.119 e. The van der Waals surface area contributed by atoms with E-state index in [1.165, 1.54) is 36.0 Å². The molecule has 0 heterocycles. The van der Waals surface area contributed by atoms with E-state index in [1.807, 2.05) is 0 Å². The molecule has 136 valence electrons. The van der Waals surface area contributed by atoms with Crippen LogP contribution in [0.1, 0.15) is 64.2 Å². The predicted octanol–water partition coefficient (Wildman–Crippen LogP) is 6.83.